The van der Waals surface area contributed by atoms with Crippen LogP contribution in [0.3, 0.4) is 0 Å². The van der Waals surface area contributed by atoms with Crippen molar-refractivity contribution < 1.29 is 14.3 Å². The van der Waals surface area contributed by atoms with Crippen LogP contribution < -0.4 is 19.8 Å². The fourth-order valence-corrected chi connectivity index (χ4v) is 3.87. The molecule has 6 nitrogen and oxygen atoms in total. The second-order valence-corrected chi connectivity index (χ2v) is 7.92. The number of ether oxygens (including phenoxy) is 2. The molecule has 164 valence electrons. The predicted octanol–water partition coefficient (Wildman–Crippen LogP) is 4.60. The summed E-state index contributed by atoms with van der Waals surface area (Å²) in [7, 11) is 3.16. The van der Waals surface area contributed by atoms with E-state index in [4.69, 9.17) is 9.47 Å². The largest absolute Gasteiger partial charge is 0.493 e. The number of methoxy groups -OCH3 is 2. The highest BCUT2D eigenvalue weighted by Crippen LogP contribution is 2.30. The standard InChI is InChI=1S/C26H27N3O3/c1-17-11-21-15-29(16-22(21)12-18(17)2)23-8-6-20(7-9-23)26(30)28-27-14-19-5-10-24(31-3)25(13-19)32-4/h5-14H,15-16H2,1-4H3,(H,28,30)/b27-14+. The van der Waals surface area contributed by atoms with Gasteiger partial charge in [-0.05, 0) is 84.1 Å². The van der Waals surface area contributed by atoms with E-state index in [1.165, 1.54) is 22.3 Å². The molecule has 0 fully saturated rings. The van der Waals surface area contributed by atoms with Gasteiger partial charge in [-0.3, -0.25) is 4.79 Å². The zero-order chi connectivity index (χ0) is 22.7. The van der Waals surface area contributed by atoms with Crippen molar-refractivity contribution in [1.82, 2.24) is 5.43 Å². The van der Waals surface area contributed by atoms with Gasteiger partial charge in [0.15, 0.2) is 11.5 Å². The Labute approximate surface area is 188 Å². The zero-order valence-corrected chi connectivity index (χ0v) is 18.8. The highest BCUT2D eigenvalue weighted by molar-refractivity contribution is 5.95. The maximum Gasteiger partial charge on any atom is 0.271 e. The SMILES string of the molecule is COc1ccc(/C=N/NC(=O)c2ccc(N3Cc4cc(C)c(C)cc4C3)cc2)cc1OC. The van der Waals surface area contributed by atoms with E-state index < -0.39 is 0 Å². The minimum Gasteiger partial charge on any atom is -0.493 e. The van der Waals surface area contributed by atoms with Crippen LogP contribution in [0.2, 0.25) is 0 Å². The fourth-order valence-electron chi connectivity index (χ4n) is 3.87. The minimum absolute atomic E-state index is 0.260. The first-order valence-corrected chi connectivity index (χ1v) is 10.5. The van der Waals surface area contributed by atoms with Crippen molar-refractivity contribution >= 4 is 17.8 Å². The molecule has 0 radical (unpaired) electrons. The van der Waals surface area contributed by atoms with E-state index >= 15 is 0 Å². The Morgan fingerprint density at radius 1 is 0.906 bits per heavy atom. The monoisotopic (exact) mass is 429 g/mol. The van der Waals surface area contributed by atoms with Gasteiger partial charge in [0.1, 0.15) is 0 Å². The maximum atomic E-state index is 12.5. The number of carbonyl (C=O) groups excluding carboxylic acids is 1. The van der Waals surface area contributed by atoms with Crippen LogP contribution in [0.25, 0.3) is 0 Å². The van der Waals surface area contributed by atoms with Crippen LogP contribution in [0.5, 0.6) is 11.5 Å². The van der Waals surface area contributed by atoms with Crippen LogP contribution in [0.1, 0.15) is 38.2 Å². The average Bonchev–Trinajstić information content (AvgIpc) is 3.21. The molecule has 1 amide bonds. The fraction of sp³-hybridized carbons (Fsp3) is 0.231. The van der Waals surface area contributed by atoms with Gasteiger partial charge >= 0.3 is 0 Å². The first-order chi connectivity index (χ1) is 15.5. The highest BCUT2D eigenvalue weighted by atomic mass is 16.5. The molecule has 0 saturated heterocycles. The van der Waals surface area contributed by atoms with Gasteiger partial charge in [-0.2, -0.15) is 5.10 Å². The Balaban J connectivity index is 1.38. The second-order valence-electron chi connectivity index (χ2n) is 7.92. The molecule has 1 heterocycles. The first-order valence-electron chi connectivity index (χ1n) is 10.5. The van der Waals surface area contributed by atoms with Crippen LogP contribution in [0, 0.1) is 13.8 Å². The molecule has 0 bridgehead atoms. The lowest BCUT2D eigenvalue weighted by Crippen LogP contribution is -2.18. The molecule has 3 aromatic rings. The van der Waals surface area contributed by atoms with Crippen LogP contribution in [0.4, 0.5) is 5.69 Å². The summed E-state index contributed by atoms with van der Waals surface area (Å²) < 4.78 is 10.5. The van der Waals surface area contributed by atoms with Crippen molar-refractivity contribution in [1.29, 1.82) is 0 Å². The summed E-state index contributed by atoms with van der Waals surface area (Å²) in [5.74, 6) is 0.983. The second kappa shape index (κ2) is 9.14. The highest BCUT2D eigenvalue weighted by Gasteiger charge is 2.20. The average molecular weight is 430 g/mol. The first kappa shape index (κ1) is 21.4. The molecule has 3 aromatic carbocycles. The molecule has 0 spiro atoms. The van der Waals surface area contributed by atoms with Crippen molar-refractivity contribution in [2.24, 2.45) is 5.10 Å². The van der Waals surface area contributed by atoms with Gasteiger partial charge in [-0.15, -0.1) is 0 Å². The Kier molecular flexibility index (Phi) is 6.12. The maximum absolute atomic E-state index is 12.5. The summed E-state index contributed by atoms with van der Waals surface area (Å²) in [4.78, 5) is 14.8. The van der Waals surface area contributed by atoms with E-state index in [2.05, 4.69) is 41.4 Å². The summed E-state index contributed by atoms with van der Waals surface area (Å²) in [6.07, 6.45) is 1.57. The van der Waals surface area contributed by atoms with E-state index in [-0.39, 0.29) is 5.91 Å². The van der Waals surface area contributed by atoms with Gasteiger partial charge in [-0.25, -0.2) is 5.43 Å². The third-order valence-corrected chi connectivity index (χ3v) is 5.82. The number of benzene rings is 3. The third kappa shape index (κ3) is 4.44. The topological polar surface area (TPSA) is 63.2 Å². The molecule has 32 heavy (non-hydrogen) atoms. The number of amides is 1. The molecule has 0 saturated carbocycles. The van der Waals surface area contributed by atoms with Crippen molar-refractivity contribution in [3.05, 3.63) is 88.0 Å². The van der Waals surface area contributed by atoms with Crippen molar-refractivity contribution in [3.8, 4) is 11.5 Å². The number of hydrazone groups is 1. The van der Waals surface area contributed by atoms with Crippen LogP contribution in [-0.2, 0) is 13.1 Å². The molecule has 1 N–H and O–H groups in total. The number of hydrogen-bond acceptors (Lipinski definition) is 5. The lowest BCUT2D eigenvalue weighted by atomic mass is 10.0. The van der Waals surface area contributed by atoms with Gasteiger partial charge in [0.2, 0.25) is 0 Å². The molecule has 0 atom stereocenters. The molecule has 1 aliphatic rings. The number of rotatable bonds is 6. The predicted molar refractivity (Wildman–Crippen MR) is 127 cm³/mol. The van der Waals surface area contributed by atoms with E-state index in [0.717, 1.165) is 24.3 Å². The van der Waals surface area contributed by atoms with Crippen molar-refractivity contribution in [3.63, 3.8) is 0 Å². The molecule has 0 unspecified atom stereocenters. The molecule has 4 rings (SSSR count). The molecule has 0 aliphatic carbocycles. The molecule has 1 aliphatic heterocycles. The summed E-state index contributed by atoms with van der Waals surface area (Å²) in [6.45, 7) is 6.08. The smallest absolute Gasteiger partial charge is 0.271 e. The van der Waals surface area contributed by atoms with Gasteiger partial charge < -0.3 is 14.4 Å². The van der Waals surface area contributed by atoms with Crippen molar-refractivity contribution in [2.75, 3.05) is 19.1 Å². The van der Waals surface area contributed by atoms with Crippen LogP contribution in [0.15, 0.2) is 59.7 Å². The van der Waals surface area contributed by atoms with Crippen molar-refractivity contribution in [2.45, 2.75) is 26.9 Å². The summed E-state index contributed by atoms with van der Waals surface area (Å²) in [6, 6.07) is 17.6. The number of nitrogens with one attached hydrogen (secondary N) is 1. The number of hydrogen-bond donors (Lipinski definition) is 1. The number of carbonyl (C=O) groups is 1. The molecular weight excluding hydrogens is 402 g/mol. The molecule has 6 heteroatoms. The van der Waals surface area contributed by atoms with Crippen LogP contribution in [-0.4, -0.2) is 26.3 Å². The van der Waals surface area contributed by atoms with Gasteiger partial charge in [0, 0.05) is 24.3 Å². The van der Waals surface area contributed by atoms with Crippen LogP contribution >= 0.6 is 0 Å². The molecular formula is C26H27N3O3. The van der Waals surface area contributed by atoms with E-state index in [9.17, 15) is 4.79 Å². The summed E-state index contributed by atoms with van der Waals surface area (Å²) >= 11 is 0. The quantitative estimate of drug-likeness (QED) is 0.459. The Morgan fingerprint density at radius 3 is 2.12 bits per heavy atom. The van der Waals surface area contributed by atoms with Gasteiger partial charge in [0.05, 0.1) is 20.4 Å². The summed E-state index contributed by atoms with van der Waals surface area (Å²) in [5, 5.41) is 4.06. The number of aryl methyl sites for hydroxylation is 2. The zero-order valence-electron chi connectivity index (χ0n) is 18.8. The Bertz CT molecular complexity index is 1140. The van der Waals surface area contributed by atoms with E-state index in [1.54, 1.807) is 32.6 Å². The number of nitrogens with zero attached hydrogens (tertiary/aromatic N) is 2. The lowest BCUT2D eigenvalue weighted by Gasteiger charge is -2.17. The Morgan fingerprint density at radius 2 is 1.53 bits per heavy atom. The lowest BCUT2D eigenvalue weighted by molar-refractivity contribution is 0.0955. The number of fused-ring (bicyclic) bond motifs is 1. The normalized spacial score (nSPS) is 12.7. The van der Waals surface area contributed by atoms with E-state index in [1.807, 2.05) is 30.3 Å². The summed E-state index contributed by atoms with van der Waals surface area (Å²) in [5.41, 5.74) is 10.4. The van der Waals surface area contributed by atoms with E-state index in [0.29, 0.717) is 17.1 Å². The minimum atomic E-state index is -0.260. The number of anilines is 1. The third-order valence-electron chi connectivity index (χ3n) is 5.82. The van der Waals surface area contributed by atoms with Gasteiger partial charge in [0.25, 0.3) is 5.91 Å². The molecule has 0 aromatic heterocycles. The Hall–Kier alpha value is -3.80. The van der Waals surface area contributed by atoms with Gasteiger partial charge in [-0.1, -0.05) is 12.1 Å².